The zero-order valence-corrected chi connectivity index (χ0v) is 16.2. The fourth-order valence-electron chi connectivity index (χ4n) is 2.01. The largest absolute Gasteiger partial charge is 0.508 e. The highest BCUT2D eigenvalue weighted by molar-refractivity contribution is 5.76. The molecule has 0 aromatic heterocycles. The second-order valence-electron chi connectivity index (χ2n) is 6.67. The van der Waals surface area contributed by atoms with E-state index in [4.69, 9.17) is 19.9 Å². The van der Waals surface area contributed by atoms with Crippen LogP contribution in [0.2, 0.25) is 0 Å². The molecule has 8 nitrogen and oxygen atoms in total. The molecule has 1 aromatic rings. The van der Waals surface area contributed by atoms with Crippen LogP contribution in [0.3, 0.4) is 0 Å². The monoisotopic (exact) mass is 383 g/mol. The van der Waals surface area contributed by atoms with Crippen LogP contribution >= 0.6 is 0 Å². The molecule has 152 valence electrons. The summed E-state index contributed by atoms with van der Waals surface area (Å²) in [5.74, 6) is -0.979. The predicted molar refractivity (Wildman–Crippen MR) is 98.4 cm³/mol. The molecule has 0 saturated carbocycles. The fraction of sp³-hybridized carbons (Fsp3) is 0.579. The summed E-state index contributed by atoms with van der Waals surface area (Å²) in [6.07, 6.45) is -1.23. The molecule has 0 heterocycles. The van der Waals surface area contributed by atoms with E-state index in [-0.39, 0.29) is 30.4 Å². The Morgan fingerprint density at radius 1 is 1.07 bits per heavy atom. The van der Waals surface area contributed by atoms with Crippen molar-refractivity contribution in [2.45, 2.75) is 58.8 Å². The van der Waals surface area contributed by atoms with Crippen LogP contribution in [0.1, 0.15) is 39.7 Å². The molecule has 8 heteroatoms. The van der Waals surface area contributed by atoms with Gasteiger partial charge in [-0.2, -0.15) is 0 Å². The smallest absolute Gasteiger partial charge is 0.504 e. The molecule has 27 heavy (non-hydrogen) atoms. The van der Waals surface area contributed by atoms with Crippen molar-refractivity contribution in [2.24, 2.45) is 11.7 Å². The van der Waals surface area contributed by atoms with E-state index >= 15 is 0 Å². The predicted octanol–water partition coefficient (Wildman–Crippen LogP) is 2.49. The van der Waals surface area contributed by atoms with E-state index in [1.165, 1.54) is 12.1 Å². The molecule has 1 rings (SSSR count). The van der Waals surface area contributed by atoms with Gasteiger partial charge < -0.3 is 30.2 Å². The normalized spacial score (nSPS) is 15.3. The molecule has 0 radical (unpaired) electrons. The maximum Gasteiger partial charge on any atom is 0.508 e. The summed E-state index contributed by atoms with van der Waals surface area (Å²) in [6.45, 7) is 7.39. The Morgan fingerprint density at radius 2 is 1.70 bits per heavy atom. The molecule has 0 aliphatic rings. The van der Waals surface area contributed by atoms with Gasteiger partial charge in [0.2, 0.25) is 0 Å². The lowest BCUT2D eigenvalue weighted by Crippen LogP contribution is -2.39. The molecule has 4 atom stereocenters. The first-order valence-electron chi connectivity index (χ1n) is 8.94. The number of carbonyl (C=O) groups excluding carboxylic acids is 2. The van der Waals surface area contributed by atoms with Crippen molar-refractivity contribution in [1.82, 2.24) is 0 Å². The Kier molecular flexibility index (Phi) is 8.87. The highest BCUT2D eigenvalue weighted by atomic mass is 16.7. The summed E-state index contributed by atoms with van der Waals surface area (Å²) in [7, 11) is 0. The molecule has 0 aliphatic carbocycles. The van der Waals surface area contributed by atoms with Gasteiger partial charge in [-0.05, 0) is 43.9 Å². The maximum absolute atomic E-state index is 12.1. The average Bonchev–Trinajstić information content (AvgIpc) is 2.62. The van der Waals surface area contributed by atoms with Gasteiger partial charge in [0, 0.05) is 0 Å². The first kappa shape index (κ1) is 22.6. The van der Waals surface area contributed by atoms with E-state index in [1.807, 2.05) is 13.8 Å². The topological polar surface area (TPSA) is 128 Å². The van der Waals surface area contributed by atoms with E-state index in [1.54, 1.807) is 19.9 Å². The van der Waals surface area contributed by atoms with Crippen molar-refractivity contribution in [1.29, 1.82) is 0 Å². The molecular formula is C19H29NO7. The molecule has 4 N–H and O–H groups in total. The van der Waals surface area contributed by atoms with Gasteiger partial charge in [0.05, 0.1) is 6.61 Å². The lowest BCUT2D eigenvalue weighted by molar-refractivity contribution is -0.155. The molecule has 0 fully saturated rings. The van der Waals surface area contributed by atoms with Gasteiger partial charge in [-0.25, -0.2) is 4.79 Å². The van der Waals surface area contributed by atoms with Crippen molar-refractivity contribution >= 4 is 12.1 Å². The number of carbonyl (C=O) groups is 2. The summed E-state index contributed by atoms with van der Waals surface area (Å²) >= 11 is 0. The van der Waals surface area contributed by atoms with Gasteiger partial charge in [0.25, 0.3) is 0 Å². The number of hydrogen-bond donors (Lipinski definition) is 3. The van der Waals surface area contributed by atoms with Gasteiger partial charge in [0.1, 0.15) is 18.2 Å². The number of rotatable bonds is 9. The van der Waals surface area contributed by atoms with Crippen molar-refractivity contribution in [3.8, 4) is 11.5 Å². The summed E-state index contributed by atoms with van der Waals surface area (Å²) in [5.41, 5.74) is 6.40. The summed E-state index contributed by atoms with van der Waals surface area (Å²) in [4.78, 5) is 23.8. The minimum absolute atomic E-state index is 0.117. The standard InChI is InChI=1S/C19H29NO7/c1-5-11(2)10-25-19(24)27-13(4)12(3)26-18(23)15(20)8-14-6-7-16(21)17(22)9-14/h6-7,9,11-13,15,21-22H,5,8,10,20H2,1-4H3/t11?,12-,13-,15+/m1/s1. The van der Waals surface area contributed by atoms with Crippen LogP contribution in [0, 0.1) is 5.92 Å². The number of esters is 1. The zero-order chi connectivity index (χ0) is 20.6. The Bertz CT molecular complexity index is 634. The van der Waals surface area contributed by atoms with Crippen LogP contribution in [-0.4, -0.2) is 47.2 Å². The third kappa shape index (κ3) is 7.74. The Labute approximate surface area is 159 Å². The van der Waals surface area contributed by atoms with Gasteiger partial charge in [0.15, 0.2) is 11.5 Å². The Balaban J connectivity index is 2.46. The number of hydrogen-bond acceptors (Lipinski definition) is 8. The summed E-state index contributed by atoms with van der Waals surface area (Å²) in [6, 6.07) is 3.21. The summed E-state index contributed by atoms with van der Waals surface area (Å²) < 4.78 is 15.3. The highest BCUT2D eigenvalue weighted by Crippen LogP contribution is 2.25. The molecule has 0 aliphatic heterocycles. The number of phenolic OH excluding ortho intramolecular Hbond substituents is 2. The lowest BCUT2D eigenvalue weighted by atomic mass is 10.1. The van der Waals surface area contributed by atoms with Crippen LogP contribution in [0.25, 0.3) is 0 Å². The van der Waals surface area contributed by atoms with Crippen molar-refractivity contribution in [3.63, 3.8) is 0 Å². The number of benzene rings is 1. The van der Waals surface area contributed by atoms with Gasteiger partial charge in [-0.1, -0.05) is 26.3 Å². The Morgan fingerprint density at radius 3 is 2.30 bits per heavy atom. The van der Waals surface area contributed by atoms with E-state index in [0.29, 0.717) is 5.56 Å². The second kappa shape index (κ2) is 10.6. The number of nitrogens with two attached hydrogens (primary N) is 1. The molecular weight excluding hydrogens is 354 g/mol. The van der Waals surface area contributed by atoms with Crippen LogP contribution in [0.5, 0.6) is 11.5 Å². The molecule has 0 spiro atoms. The second-order valence-corrected chi connectivity index (χ2v) is 6.67. The van der Waals surface area contributed by atoms with Crippen LogP contribution < -0.4 is 5.73 Å². The van der Waals surface area contributed by atoms with Gasteiger partial charge in [-0.3, -0.25) is 4.79 Å². The average molecular weight is 383 g/mol. The minimum Gasteiger partial charge on any atom is -0.504 e. The minimum atomic E-state index is -0.971. The number of aromatic hydroxyl groups is 2. The highest BCUT2D eigenvalue weighted by Gasteiger charge is 2.25. The van der Waals surface area contributed by atoms with E-state index in [0.717, 1.165) is 6.42 Å². The van der Waals surface area contributed by atoms with E-state index in [2.05, 4.69) is 0 Å². The van der Waals surface area contributed by atoms with Gasteiger partial charge >= 0.3 is 12.1 Å². The lowest BCUT2D eigenvalue weighted by Gasteiger charge is -2.22. The Hall–Kier alpha value is -2.48. The van der Waals surface area contributed by atoms with Gasteiger partial charge in [-0.15, -0.1) is 0 Å². The molecule has 1 unspecified atom stereocenters. The first-order valence-corrected chi connectivity index (χ1v) is 8.94. The quantitative estimate of drug-likeness (QED) is 0.438. The molecule has 0 amide bonds. The number of phenols is 2. The van der Waals surface area contributed by atoms with Crippen molar-refractivity contribution in [3.05, 3.63) is 23.8 Å². The van der Waals surface area contributed by atoms with Crippen molar-refractivity contribution in [2.75, 3.05) is 6.61 Å². The number of ether oxygens (including phenoxy) is 3. The molecule has 1 aromatic carbocycles. The molecule has 0 saturated heterocycles. The zero-order valence-electron chi connectivity index (χ0n) is 16.2. The van der Waals surface area contributed by atoms with Crippen LogP contribution in [0.4, 0.5) is 4.79 Å². The third-order valence-corrected chi connectivity index (χ3v) is 4.23. The molecule has 0 bridgehead atoms. The van der Waals surface area contributed by atoms with Crippen LogP contribution in [0.15, 0.2) is 18.2 Å². The van der Waals surface area contributed by atoms with E-state index < -0.39 is 30.4 Å². The third-order valence-electron chi connectivity index (χ3n) is 4.23. The fourth-order valence-corrected chi connectivity index (χ4v) is 2.01. The first-order chi connectivity index (χ1) is 12.6. The summed E-state index contributed by atoms with van der Waals surface area (Å²) in [5, 5.41) is 18.8. The van der Waals surface area contributed by atoms with Crippen molar-refractivity contribution < 1.29 is 34.0 Å². The van der Waals surface area contributed by atoms with Crippen LogP contribution in [-0.2, 0) is 25.4 Å². The van der Waals surface area contributed by atoms with E-state index in [9.17, 15) is 19.8 Å². The maximum atomic E-state index is 12.1. The SMILES string of the molecule is CCC(C)COC(=O)O[C@H](C)[C@@H](C)OC(=O)[C@@H](N)Cc1ccc(O)c(O)c1.